The van der Waals surface area contributed by atoms with Crippen molar-refractivity contribution in [2.24, 2.45) is 0 Å². The van der Waals surface area contributed by atoms with Crippen LogP contribution in [0.2, 0.25) is 0 Å². The Labute approximate surface area is 250 Å². The van der Waals surface area contributed by atoms with E-state index < -0.39 is 40.2 Å². The lowest BCUT2D eigenvalue weighted by Crippen LogP contribution is -2.36. The predicted octanol–water partition coefficient (Wildman–Crippen LogP) is 5.46. The van der Waals surface area contributed by atoms with E-state index in [2.05, 4.69) is 32.6 Å². The molecule has 0 radical (unpaired) electrons. The Balaban J connectivity index is 1.50. The average molecular weight is 689 g/mol. The molecule has 0 aromatic heterocycles. The van der Waals surface area contributed by atoms with Crippen LogP contribution in [0.4, 0.5) is 16.2 Å². The lowest BCUT2D eigenvalue weighted by Gasteiger charge is -2.13. The quantitative estimate of drug-likeness (QED) is 0.101. The van der Waals surface area contributed by atoms with Gasteiger partial charge in [0.15, 0.2) is 11.5 Å². The van der Waals surface area contributed by atoms with E-state index in [0.29, 0.717) is 23.0 Å². The maximum Gasteiger partial charge on any atom is 0.338 e. The SMILES string of the molecule is COC(=O)c1ccc(Oc2ccc(/C=C3\SC(=O)N(CC(=O)Nc4ccc(I)cc4)C3=O)cc2OC)c([N+](=O)[O-])c1. The number of amides is 3. The van der Waals surface area contributed by atoms with Gasteiger partial charge in [0.2, 0.25) is 11.7 Å². The summed E-state index contributed by atoms with van der Waals surface area (Å²) in [6.45, 7) is -0.447. The van der Waals surface area contributed by atoms with Gasteiger partial charge in [0.05, 0.1) is 29.6 Å². The topological polar surface area (TPSA) is 154 Å². The maximum absolute atomic E-state index is 12.9. The van der Waals surface area contributed by atoms with E-state index in [4.69, 9.17) is 9.47 Å². The minimum atomic E-state index is -0.738. The highest BCUT2D eigenvalue weighted by Gasteiger charge is 2.36. The molecule has 0 bridgehead atoms. The first-order valence-electron chi connectivity index (χ1n) is 11.6. The number of esters is 1. The molecule has 210 valence electrons. The summed E-state index contributed by atoms with van der Waals surface area (Å²) >= 11 is 2.82. The van der Waals surface area contributed by atoms with Crippen LogP contribution in [-0.2, 0) is 14.3 Å². The lowest BCUT2D eigenvalue weighted by molar-refractivity contribution is -0.385. The van der Waals surface area contributed by atoms with Gasteiger partial charge in [-0.2, -0.15) is 0 Å². The number of benzene rings is 3. The Hall–Kier alpha value is -4.44. The molecule has 14 heteroatoms. The van der Waals surface area contributed by atoms with Gasteiger partial charge in [0.25, 0.3) is 11.1 Å². The zero-order valence-corrected chi connectivity index (χ0v) is 24.4. The maximum atomic E-state index is 12.9. The minimum Gasteiger partial charge on any atom is -0.493 e. The van der Waals surface area contributed by atoms with Crippen molar-refractivity contribution in [2.75, 3.05) is 26.1 Å². The molecule has 1 aliphatic rings. The van der Waals surface area contributed by atoms with Crippen LogP contribution < -0.4 is 14.8 Å². The second kappa shape index (κ2) is 12.8. The normalized spacial score (nSPS) is 13.7. The highest BCUT2D eigenvalue weighted by atomic mass is 127. The third-order valence-electron chi connectivity index (χ3n) is 5.59. The van der Waals surface area contributed by atoms with Crippen molar-refractivity contribution in [3.63, 3.8) is 0 Å². The van der Waals surface area contributed by atoms with Gasteiger partial charge in [0, 0.05) is 15.3 Å². The molecule has 1 heterocycles. The van der Waals surface area contributed by atoms with Crippen molar-refractivity contribution in [3.8, 4) is 17.2 Å². The highest BCUT2D eigenvalue weighted by Crippen LogP contribution is 2.39. The molecule has 3 amide bonds. The number of halogens is 1. The van der Waals surface area contributed by atoms with E-state index >= 15 is 0 Å². The zero-order chi connectivity index (χ0) is 29.7. The van der Waals surface area contributed by atoms with Gasteiger partial charge < -0.3 is 19.5 Å². The first-order chi connectivity index (χ1) is 19.6. The third-order valence-corrected chi connectivity index (χ3v) is 7.21. The van der Waals surface area contributed by atoms with Crippen LogP contribution in [0.3, 0.4) is 0 Å². The molecular weight excluding hydrogens is 669 g/mol. The molecule has 4 rings (SSSR count). The second-order valence-electron chi connectivity index (χ2n) is 8.27. The molecule has 12 nitrogen and oxygen atoms in total. The lowest BCUT2D eigenvalue weighted by atomic mass is 10.1. The van der Waals surface area contributed by atoms with Crippen molar-refractivity contribution in [2.45, 2.75) is 0 Å². The summed E-state index contributed by atoms with van der Waals surface area (Å²) in [4.78, 5) is 61.4. The number of anilines is 1. The van der Waals surface area contributed by atoms with Crippen LogP contribution in [0, 0.1) is 13.7 Å². The summed E-state index contributed by atoms with van der Waals surface area (Å²) in [5, 5.41) is 13.6. The van der Waals surface area contributed by atoms with Crippen molar-refractivity contribution in [1.29, 1.82) is 0 Å². The number of carbonyl (C=O) groups excluding carboxylic acids is 4. The van der Waals surface area contributed by atoms with Gasteiger partial charge in [0.1, 0.15) is 6.54 Å². The summed E-state index contributed by atoms with van der Waals surface area (Å²) in [6, 6.07) is 15.2. The Morgan fingerprint density at radius 1 is 1.02 bits per heavy atom. The Kier molecular flexibility index (Phi) is 9.24. The van der Waals surface area contributed by atoms with Crippen molar-refractivity contribution in [1.82, 2.24) is 4.90 Å². The van der Waals surface area contributed by atoms with Gasteiger partial charge in [-0.05, 0) is 94.5 Å². The summed E-state index contributed by atoms with van der Waals surface area (Å²) in [7, 11) is 2.52. The smallest absolute Gasteiger partial charge is 0.338 e. The fourth-order valence-electron chi connectivity index (χ4n) is 3.63. The number of hydrogen-bond acceptors (Lipinski definition) is 10. The predicted molar refractivity (Wildman–Crippen MR) is 158 cm³/mol. The molecular formula is C27H20IN3O9S. The van der Waals surface area contributed by atoms with Gasteiger partial charge in [-0.1, -0.05) is 6.07 Å². The number of nitro groups is 1. The number of nitrogens with one attached hydrogen (secondary N) is 1. The highest BCUT2D eigenvalue weighted by molar-refractivity contribution is 14.1. The molecule has 0 aliphatic carbocycles. The Morgan fingerprint density at radius 3 is 2.39 bits per heavy atom. The molecule has 1 aliphatic heterocycles. The van der Waals surface area contributed by atoms with E-state index in [9.17, 15) is 29.3 Å². The Morgan fingerprint density at radius 2 is 1.73 bits per heavy atom. The zero-order valence-electron chi connectivity index (χ0n) is 21.4. The van der Waals surface area contributed by atoms with Gasteiger partial charge in [-0.3, -0.25) is 29.4 Å². The number of ether oxygens (including phenoxy) is 3. The van der Waals surface area contributed by atoms with Crippen molar-refractivity contribution >= 4 is 74.8 Å². The third kappa shape index (κ3) is 7.01. The number of nitrogens with zero attached hydrogens (tertiary/aromatic N) is 2. The fraction of sp³-hybridized carbons (Fsp3) is 0.111. The van der Waals surface area contributed by atoms with Crippen LogP contribution in [-0.4, -0.2) is 53.6 Å². The van der Waals surface area contributed by atoms with E-state index in [1.807, 2.05) is 12.1 Å². The number of rotatable bonds is 9. The molecule has 1 saturated heterocycles. The molecule has 41 heavy (non-hydrogen) atoms. The van der Waals surface area contributed by atoms with Gasteiger partial charge in [-0.15, -0.1) is 0 Å². The van der Waals surface area contributed by atoms with Gasteiger partial charge >= 0.3 is 11.7 Å². The molecule has 3 aromatic rings. The summed E-state index contributed by atoms with van der Waals surface area (Å²) in [6.07, 6.45) is 1.46. The number of methoxy groups -OCH3 is 2. The van der Waals surface area contributed by atoms with E-state index in [0.717, 1.165) is 21.6 Å². The van der Waals surface area contributed by atoms with E-state index in [1.54, 1.807) is 18.2 Å². The molecule has 0 spiro atoms. The number of carbonyl (C=O) groups is 4. The van der Waals surface area contributed by atoms with Crippen LogP contribution in [0.5, 0.6) is 17.2 Å². The first kappa shape index (κ1) is 29.5. The van der Waals surface area contributed by atoms with Gasteiger partial charge in [-0.25, -0.2) is 4.79 Å². The van der Waals surface area contributed by atoms with Crippen molar-refractivity contribution in [3.05, 3.63) is 90.4 Å². The molecule has 3 aromatic carbocycles. The number of hydrogen-bond donors (Lipinski definition) is 1. The molecule has 0 saturated carbocycles. The van der Waals surface area contributed by atoms with E-state index in [-0.39, 0.29) is 27.7 Å². The monoisotopic (exact) mass is 689 g/mol. The molecule has 0 unspecified atom stereocenters. The largest absolute Gasteiger partial charge is 0.493 e. The average Bonchev–Trinajstić information content (AvgIpc) is 3.21. The first-order valence-corrected chi connectivity index (χ1v) is 13.5. The minimum absolute atomic E-state index is 0.0184. The number of thioether (sulfide) groups is 1. The molecule has 1 fully saturated rings. The summed E-state index contributed by atoms with van der Waals surface area (Å²) < 4.78 is 16.7. The molecule has 0 atom stereocenters. The number of imide groups is 1. The summed E-state index contributed by atoms with van der Waals surface area (Å²) in [5.41, 5.74) is 0.532. The Bertz CT molecular complexity index is 1590. The van der Waals surface area contributed by atoms with E-state index in [1.165, 1.54) is 37.5 Å². The second-order valence-corrected chi connectivity index (χ2v) is 10.5. The fourth-order valence-corrected chi connectivity index (χ4v) is 4.83. The molecule has 1 N–H and O–H groups in total. The summed E-state index contributed by atoms with van der Waals surface area (Å²) in [5.74, 6) is -1.72. The van der Waals surface area contributed by atoms with Crippen LogP contribution in [0.25, 0.3) is 6.08 Å². The standard InChI is InChI=1S/C27H20IN3O9S/c1-38-22-11-15(3-9-21(22)40-20-10-4-16(26(34)39-2)13-19(20)31(36)37)12-23-25(33)30(27(35)41-23)14-24(32)29-18-7-5-17(28)6-8-18/h3-13H,14H2,1-2H3,(H,29,32)/b23-12-. The van der Waals surface area contributed by atoms with Crippen LogP contribution in [0.1, 0.15) is 15.9 Å². The van der Waals surface area contributed by atoms with Crippen molar-refractivity contribution < 1.29 is 38.3 Å². The van der Waals surface area contributed by atoms with Crippen LogP contribution in [0.15, 0.2) is 65.6 Å². The van der Waals surface area contributed by atoms with Crippen LogP contribution >= 0.6 is 34.4 Å². The number of nitro benzene ring substituents is 1.